The van der Waals surface area contributed by atoms with E-state index in [0.29, 0.717) is 38.2 Å². The molecule has 1 saturated heterocycles. The number of H-pyrrole nitrogens is 1. The largest absolute Gasteiger partial charge is 0.385 e. The van der Waals surface area contributed by atoms with Crippen LogP contribution in [0, 0.1) is 11.8 Å². The van der Waals surface area contributed by atoms with Gasteiger partial charge in [0.05, 0.1) is 4.90 Å². The highest BCUT2D eigenvalue weighted by atomic mass is 32.2. The maximum atomic E-state index is 13.2. The Morgan fingerprint density at radius 3 is 2.63 bits per heavy atom. The summed E-state index contributed by atoms with van der Waals surface area (Å²) in [7, 11) is -2.15. The molecule has 0 saturated carbocycles. The lowest BCUT2D eigenvalue weighted by molar-refractivity contribution is 0.0947. The van der Waals surface area contributed by atoms with Crippen molar-refractivity contribution in [3.8, 4) is 0 Å². The summed E-state index contributed by atoms with van der Waals surface area (Å²) in [6, 6.07) is 4.44. The Morgan fingerprint density at radius 1 is 1.27 bits per heavy atom. The van der Waals surface area contributed by atoms with E-state index in [0.717, 1.165) is 6.42 Å². The molecular weight excluding hydrogens is 406 g/mol. The van der Waals surface area contributed by atoms with Gasteiger partial charge in [-0.2, -0.15) is 4.31 Å². The van der Waals surface area contributed by atoms with Gasteiger partial charge in [-0.3, -0.25) is 9.59 Å². The van der Waals surface area contributed by atoms with E-state index in [2.05, 4.69) is 10.3 Å². The highest BCUT2D eigenvalue weighted by Gasteiger charge is 2.32. The van der Waals surface area contributed by atoms with Crippen LogP contribution in [-0.4, -0.2) is 57.0 Å². The number of sulfonamides is 1. The number of hydrogen-bond donors (Lipinski definition) is 2. The number of rotatable bonds is 7. The first-order valence-corrected chi connectivity index (χ1v) is 11.6. The van der Waals surface area contributed by atoms with Crippen LogP contribution in [0.3, 0.4) is 0 Å². The van der Waals surface area contributed by atoms with Crippen molar-refractivity contribution in [2.75, 3.05) is 33.4 Å². The van der Waals surface area contributed by atoms with Gasteiger partial charge in [0.1, 0.15) is 5.56 Å². The number of carbonyl (C=O) groups is 1. The van der Waals surface area contributed by atoms with Crippen LogP contribution in [0.5, 0.6) is 0 Å². The molecular formula is C21H29N3O5S. The second kappa shape index (κ2) is 9.28. The summed E-state index contributed by atoms with van der Waals surface area (Å²) in [5.41, 5.74) is -0.0598. The summed E-state index contributed by atoms with van der Waals surface area (Å²) in [5.74, 6) is 0.0581. The minimum atomic E-state index is -3.72. The maximum Gasteiger partial charge on any atom is 0.256 e. The average molecular weight is 436 g/mol. The second-order valence-electron chi connectivity index (χ2n) is 8.11. The van der Waals surface area contributed by atoms with Crippen molar-refractivity contribution in [1.82, 2.24) is 14.6 Å². The molecule has 2 aromatic rings. The van der Waals surface area contributed by atoms with Crippen molar-refractivity contribution < 1.29 is 17.9 Å². The van der Waals surface area contributed by atoms with Crippen molar-refractivity contribution in [1.29, 1.82) is 0 Å². The molecule has 1 aliphatic heterocycles. The number of benzene rings is 1. The summed E-state index contributed by atoms with van der Waals surface area (Å²) >= 11 is 0. The van der Waals surface area contributed by atoms with E-state index >= 15 is 0 Å². The van der Waals surface area contributed by atoms with Gasteiger partial charge in [-0.1, -0.05) is 13.8 Å². The molecule has 2 heterocycles. The van der Waals surface area contributed by atoms with Gasteiger partial charge in [0.2, 0.25) is 15.5 Å². The van der Waals surface area contributed by atoms with Gasteiger partial charge in [0.15, 0.2) is 0 Å². The number of piperidine rings is 1. The molecule has 8 nitrogen and oxygen atoms in total. The summed E-state index contributed by atoms with van der Waals surface area (Å²) < 4.78 is 32.8. The Bertz CT molecular complexity index is 1070. The Morgan fingerprint density at radius 2 is 1.97 bits per heavy atom. The van der Waals surface area contributed by atoms with E-state index in [1.807, 2.05) is 13.8 Å². The summed E-state index contributed by atoms with van der Waals surface area (Å²) in [6.45, 7) is 5.89. The first-order chi connectivity index (χ1) is 14.2. The van der Waals surface area contributed by atoms with E-state index in [4.69, 9.17) is 4.74 Å². The first-order valence-electron chi connectivity index (χ1n) is 10.2. The maximum absolute atomic E-state index is 13.2. The van der Waals surface area contributed by atoms with Gasteiger partial charge in [-0.05, 0) is 42.9 Å². The quantitative estimate of drug-likeness (QED) is 0.647. The smallest absolute Gasteiger partial charge is 0.256 e. The molecule has 30 heavy (non-hydrogen) atoms. The Hall–Kier alpha value is -2.23. The van der Waals surface area contributed by atoms with Crippen molar-refractivity contribution in [2.45, 2.75) is 31.6 Å². The van der Waals surface area contributed by atoms with Gasteiger partial charge in [-0.25, -0.2) is 8.42 Å². The third-order valence-corrected chi connectivity index (χ3v) is 7.21. The number of hydrogen-bond acceptors (Lipinski definition) is 5. The van der Waals surface area contributed by atoms with Crippen molar-refractivity contribution >= 4 is 26.8 Å². The molecule has 2 atom stereocenters. The second-order valence-corrected chi connectivity index (χ2v) is 10.0. The number of fused-ring (bicyclic) bond motifs is 1. The molecule has 0 bridgehead atoms. The monoisotopic (exact) mass is 435 g/mol. The minimum Gasteiger partial charge on any atom is -0.385 e. The lowest BCUT2D eigenvalue weighted by Gasteiger charge is -2.34. The van der Waals surface area contributed by atoms with Crippen LogP contribution in [0.1, 0.15) is 37.0 Å². The zero-order valence-electron chi connectivity index (χ0n) is 17.6. The zero-order valence-corrected chi connectivity index (χ0v) is 18.4. The summed E-state index contributed by atoms with van der Waals surface area (Å²) in [6.07, 6.45) is 2.98. The normalized spacial score (nSPS) is 20.4. The number of nitrogens with zero attached hydrogens (tertiary/aromatic N) is 1. The molecule has 1 fully saturated rings. The molecule has 164 valence electrons. The van der Waals surface area contributed by atoms with Crippen LogP contribution < -0.4 is 10.7 Å². The van der Waals surface area contributed by atoms with Gasteiger partial charge in [0, 0.05) is 50.5 Å². The number of nitrogens with one attached hydrogen (secondary N) is 2. The number of aromatic nitrogens is 1. The molecule has 9 heteroatoms. The van der Waals surface area contributed by atoms with E-state index in [-0.39, 0.29) is 27.7 Å². The number of ether oxygens (including phenoxy) is 1. The van der Waals surface area contributed by atoms with E-state index < -0.39 is 21.4 Å². The number of pyridine rings is 1. The van der Waals surface area contributed by atoms with Crippen LogP contribution in [0.2, 0.25) is 0 Å². The third kappa shape index (κ3) is 4.74. The van der Waals surface area contributed by atoms with Crippen molar-refractivity contribution in [3.63, 3.8) is 0 Å². The van der Waals surface area contributed by atoms with E-state index in [1.165, 1.54) is 22.6 Å². The Labute approximate surface area is 176 Å². The molecule has 3 rings (SSSR count). The van der Waals surface area contributed by atoms with Crippen LogP contribution in [0.4, 0.5) is 0 Å². The molecule has 0 spiro atoms. The fourth-order valence-electron chi connectivity index (χ4n) is 3.99. The van der Waals surface area contributed by atoms with Gasteiger partial charge >= 0.3 is 0 Å². The molecule has 1 aromatic carbocycles. The minimum absolute atomic E-state index is 0.0466. The molecule has 0 radical (unpaired) electrons. The Balaban J connectivity index is 1.92. The zero-order chi connectivity index (χ0) is 21.9. The number of methoxy groups -OCH3 is 1. The highest BCUT2D eigenvalue weighted by Crippen LogP contribution is 2.27. The van der Waals surface area contributed by atoms with Gasteiger partial charge in [-0.15, -0.1) is 0 Å². The van der Waals surface area contributed by atoms with Gasteiger partial charge in [0.25, 0.3) is 5.91 Å². The molecule has 0 unspecified atom stereocenters. The van der Waals surface area contributed by atoms with E-state index in [1.54, 1.807) is 13.2 Å². The number of amides is 1. The van der Waals surface area contributed by atoms with Gasteiger partial charge < -0.3 is 15.0 Å². The topological polar surface area (TPSA) is 109 Å². The lowest BCUT2D eigenvalue weighted by Crippen LogP contribution is -2.42. The molecule has 2 N–H and O–H groups in total. The predicted octanol–water partition coefficient (Wildman–Crippen LogP) is 1.96. The van der Waals surface area contributed by atoms with E-state index in [9.17, 15) is 18.0 Å². The van der Waals surface area contributed by atoms with Crippen molar-refractivity contribution in [2.24, 2.45) is 11.8 Å². The van der Waals surface area contributed by atoms with Crippen LogP contribution >= 0.6 is 0 Å². The predicted molar refractivity (Wildman–Crippen MR) is 115 cm³/mol. The van der Waals surface area contributed by atoms with Crippen LogP contribution in [0.15, 0.2) is 34.1 Å². The van der Waals surface area contributed by atoms with Crippen molar-refractivity contribution in [3.05, 3.63) is 40.2 Å². The van der Waals surface area contributed by atoms with Crippen LogP contribution in [-0.2, 0) is 14.8 Å². The fraction of sp³-hybridized carbons (Fsp3) is 0.524. The third-order valence-electron chi connectivity index (χ3n) is 5.38. The average Bonchev–Trinajstić information content (AvgIpc) is 2.70. The molecule has 0 aliphatic carbocycles. The standard InChI is InChI=1S/C21H29N3O5S/c1-14-9-15(2)13-24(12-14)30(27,28)16-5-6-19-17(10-16)20(25)18(11-23-19)21(26)22-7-4-8-29-3/h5-6,10-11,14-15H,4,7-9,12-13H2,1-3H3,(H,22,26)(H,23,25)/t14-,15+. The molecule has 1 aromatic heterocycles. The molecule has 1 amide bonds. The summed E-state index contributed by atoms with van der Waals surface area (Å²) in [4.78, 5) is 28.3. The Kier molecular flexibility index (Phi) is 6.95. The summed E-state index contributed by atoms with van der Waals surface area (Å²) in [5, 5.41) is 2.86. The fourth-order valence-corrected chi connectivity index (χ4v) is 5.70. The highest BCUT2D eigenvalue weighted by molar-refractivity contribution is 7.89. The van der Waals surface area contributed by atoms with Crippen LogP contribution in [0.25, 0.3) is 10.9 Å². The lowest BCUT2D eigenvalue weighted by atomic mass is 9.94. The SMILES string of the molecule is COCCCNC(=O)c1c[nH]c2ccc(S(=O)(=O)N3C[C@H](C)C[C@H](C)C3)cc2c1=O. The number of aromatic amines is 1. The number of carbonyl (C=O) groups excluding carboxylic acids is 1. The first kappa shape index (κ1) is 22.5. The molecule has 1 aliphatic rings.